The highest BCUT2D eigenvalue weighted by Crippen LogP contribution is 2.48. The van der Waals surface area contributed by atoms with E-state index in [1.54, 1.807) is 0 Å². The average Bonchev–Trinajstić information content (AvgIpc) is 2.57. The molecule has 0 N–H and O–H groups in total. The third kappa shape index (κ3) is 2.51. The fourth-order valence-electron chi connectivity index (χ4n) is 3.32. The van der Waals surface area contributed by atoms with E-state index in [4.69, 9.17) is 4.74 Å². The molecule has 1 aliphatic heterocycles. The maximum absolute atomic E-state index is 6.45. The van der Waals surface area contributed by atoms with Crippen molar-refractivity contribution in [3.05, 3.63) is 0 Å². The Kier molecular flexibility index (Phi) is 3.66. The van der Waals surface area contributed by atoms with Crippen LogP contribution in [0.3, 0.4) is 0 Å². The van der Waals surface area contributed by atoms with Gasteiger partial charge in [-0.2, -0.15) is 0 Å². The molecule has 0 aromatic carbocycles. The highest BCUT2D eigenvalue weighted by molar-refractivity contribution is 14.1. The van der Waals surface area contributed by atoms with Crippen LogP contribution in [-0.4, -0.2) is 15.6 Å². The second-order valence-corrected chi connectivity index (χ2v) is 6.50. The zero-order valence-electron chi connectivity index (χ0n) is 10.0. The Bertz CT molecular complexity index is 231. The zero-order chi connectivity index (χ0) is 10.9. The molecule has 2 rings (SSSR count). The minimum atomic E-state index is 0.177. The fraction of sp³-hybridized carbons (Fsp3) is 1.00. The topological polar surface area (TPSA) is 9.23 Å². The maximum atomic E-state index is 6.45. The third-order valence-corrected chi connectivity index (χ3v) is 5.95. The maximum Gasteiger partial charge on any atom is 0.0752 e. The Labute approximate surface area is 107 Å². The highest BCUT2D eigenvalue weighted by atomic mass is 127. The lowest BCUT2D eigenvalue weighted by Crippen LogP contribution is -2.38. The first-order chi connectivity index (χ1) is 7.11. The monoisotopic (exact) mass is 322 g/mol. The third-order valence-electron chi connectivity index (χ3n) is 4.34. The van der Waals surface area contributed by atoms with Crippen LogP contribution in [0, 0.1) is 5.92 Å². The molecular formula is C13H23IO. The van der Waals surface area contributed by atoms with Gasteiger partial charge in [0.2, 0.25) is 0 Å². The van der Waals surface area contributed by atoms with Crippen molar-refractivity contribution in [1.82, 2.24) is 0 Å². The molecule has 1 spiro atoms. The van der Waals surface area contributed by atoms with Crippen molar-refractivity contribution < 1.29 is 4.74 Å². The SMILES string of the molecule is CCC1CCCC2(CCC(C)(CI)O2)C1. The Morgan fingerprint density at radius 3 is 2.73 bits per heavy atom. The van der Waals surface area contributed by atoms with Crippen molar-refractivity contribution in [3.63, 3.8) is 0 Å². The van der Waals surface area contributed by atoms with Gasteiger partial charge in [-0.3, -0.25) is 0 Å². The second kappa shape index (κ2) is 4.52. The van der Waals surface area contributed by atoms with Crippen LogP contribution >= 0.6 is 22.6 Å². The van der Waals surface area contributed by atoms with E-state index in [9.17, 15) is 0 Å². The smallest absolute Gasteiger partial charge is 0.0752 e. The number of hydrogen-bond donors (Lipinski definition) is 0. The van der Waals surface area contributed by atoms with Crippen LogP contribution in [0.25, 0.3) is 0 Å². The molecule has 2 heteroatoms. The molecule has 0 radical (unpaired) electrons. The summed E-state index contributed by atoms with van der Waals surface area (Å²) in [6.07, 6.45) is 9.38. The van der Waals surface area contributed by atoms with E-state index in [0.29, 0.717) is 0 Å². The van der Waals surface area contributed by atoms with Gasteiger partial charge in [0.25, 0.3) is 0 Å². The Hall–Kier alpha value is 0.690. The van der Waals surface area contributed by atoms with Crippen molar-refractivity contribution >= 4 is 22.6 Å². The van der Waals surface area contributed by atoms with E-state index >= 15 is 0 Å². The van der Waals surface area contributed by atoms with E-state index in [1.807, 2.05) is 0 Å². The molecule has 1 heterocycles. The number of hydrogen-bond acceptors (Lipinski definition) is 1. The number of rotatable bonds is 2. The van der Waals surface area contributed by atoms with E-state index in [1.165, 1.54) is 44.9 Å². The molecule has 1 saturated heterocycles. The van der Waals surface area contributed by atoms with Gasteiger partial charge in [-0.05, 0) is 38.5 Å². The normalized spacial score (nSPS) is 46.2. The molecule has 1 aliphatic carbocycles. The van der Waals surface area contributed by atoms with Gasteiger partial charge < -0.3 is 4.74 Å². The molecule has 88 valence electrons. The standard InChI is InChI=1S/C13H23IO/c1-3-11-5-4-6-13(9-11)8-7-12(2,10-14)15-13/h11H,3-10H2,1-2H3. The summed E-state index contributed by atoms with van der Waals surface area (Å²) in [6.45, 7) is 4.62. The van der Waals surface area contributed by atoms with Gasteiger partial charge in [0.15, 0.2) is 0 Å². The van der Waals surface area contributed by atoms with Gasteiger partial charge in [-0.15, -0.1) is 0 Å². The first kappa shape index (κ1) is 12.2. The summed E-state index contributed by atoms with van der Waals surface area (Å²) in [7, 11) is 0. The van der Waals surface area contributed by atoms with Crippen LogP contribution < -0.4 is 0 Å². The molecular weight excluding hydrogens is 299 g/mol. The quantitative estimate of drug-likeness (QED) is 0.543. The molecule has 15 heavy (non-hydrogen) atoms. The largest absolute Gasteiger partial charge is 0.368 e. The van der Waals surface area contributed by atoms with Gasteiger partial charge in [0.05, 0.1) is 11.2 Å². The molecule has 0 aromatic heterocycles. The van der Waals surface area contributed by atoms with E-state index < -0.39 is 0 Å². The summed E-state index contributed by atoms with van der Waals surface area (Å²) in [5, 5.41) is 0. The second-order valence-electron chi connectivity index (χ2n) is 5.74. The predicted molar refractivity (Wildman–Crippen MR) is 72.6 cm³/mol. The van der Waals surface area contributed by atoms with Crippen molar-refractivity contribution in [2.75, 3.05) is 4.43 Å². The zero-order valence-corrected chi connectivity index (χ0v) is 12.2. The summed E-state index contributed by atoms with van der Waals surface area (Å²) in [6, 6.07) is 0. The molecule has 0 amide bonds. The molecule has 2 aliphatic rings. The van der Waals surface area contributed by atoms with Crippen molar-refractivity contribution in [3.8, 4) is 0 Å². The molecule has 1 saturated carbocycles. The number of alkyl halides is 1. The summed E-state index contributed by atoms with van der Waals surface area (Å²) < 4.78 is 7.59. The Morgan fingerprint density at radius 1 is 1.33 bits per heavy atom. The molecule has 3 atom stereocenters. The molecule has 1 nitrogen and oxygen atoms in total. The fourth-order valence-corrected chi connectivity index (χ4v) is 3.86. The van der Waals surface area contributed by atoms with Gasteiger partial charge in [0.1, 0.15) is 0 Å². The van der Waals surface area contributed by atoms with Gasteiger partial charge >= 0.3 is 0 Å². The first-order valence-electron chi connectivity index (χ1n) is 6.38. The molecule has 0 aromatic rings. The molecule has 3 unspecified atom stereocenters. The Morgan fingerprint density at radius 2 is 2.13 bits per heavy atom. The van der Waals surface area contributed by atoms with Crippen molar-refractivity contribution in [2.24, 2.45) is 5.92 Å². The summed E-state index contributed by atoms with van der Waals surface area (Å²) in [5.74, 6) is 0.926. The van der Waals surface area contributed by atoms with Crippen LogP contribution in [0.2, 0.25) is 0 Å². The van der Waals surface area contributed by atoms with Crippen molar-refractivity contribution in [2.45, 2.75) is 70.0 Å². The van der Waals surface area contributed by atoms with Gasteiger partial charge in [-0.25, -0.2) is 0 Å². The van der Waals surface area contributed by atoms with Gasteiger partial charge in [0, 0.05) is 4.43 Å². The van der Waals surface area contributed by atoms with Crippen molar-refractivity contribution in [1.29, 1.82) is 0 Å². The predicted octanol–water partition coefficient (Wildman–Crippen LogP) is 4.33. The first-order valence-corrected chi connectivity index (χ1v) is 7.90. The number of ether oxygens (including phenoxy) is 1. The lowest BCUT2D eigenvalue weighted by molar-refractivity contribution is -0.109. The number of halogens is 1. The van der Waals surface area contributed by atoms with Gasteiger partial charge in [-0.1, -0.05) is 48.8 Å². The minimum Gasteiger partial charge on any atom is -0.368 e. The summed E-state index contributed by atoms with van der Waals surface area (Å²) in [5.41, 5.74) is 0.453. The van der Waals surface area contributed by atoms with E-state index in [0.717, 1.165) is 10.3 Å². The summed E-state index contributed by atoms with van der Waals surface area (Å²) in [4.78, 5) is 0. The van der Waals surface area contributed by atoms with Crippen LogP contribution in [0.15, 0.2) is 0 Å². The lowest BCUT2D eigenvalue weighted by atomic mass is 9.75. The van der Waals surface area contributed by atoms with Crippen LogP contribution in [-0.2, 0) is 4.74 Å². The van der Waals surface area contributed by atoms with Crippen LogP contribution in [0.1, 0.15) is 58.8 Å². The molecule has 2 fully saturated rings. The van der Waals surface area contributed by atoms with E-state index in [-0.39, 0.29) is 11.2 Å². The van der Waals surface area contributed by atoms with Crippen LogP contribution in [0.5, 0.6) is 0 Å². The summed E-state index contributed by atoms with van der Waals surface area (Å²) >= 11 is 2.48. The Balaban J connectivity index is 2.02. The van der Waals surface area contributed by atoms with E-state index in [2.05, 4.69) is 36.4 Å². The lowest BCUT2D eigenvalue weighted by Gasteiger charge is -2.39. The molecule has 0 bridgehead atoms. The average molecular weight is 322 g/mol. The minimum absolute atomic E-state index is 0.177. The van der Waals surface area contributed by atoms with Crippen LogP contribution in [0.4, 0.5) is 0 Å². The highest BCUT2D eigenvalue weighted by Gasteiger charge is 2.47.